The van der Waals surface area contributed by atoms with Crippen molar-refractivity contribution in [2.75, 3.05) is 11.5 Å². The zero-order valence-electron chi connectivity index (χ0n) is 9.25. The molecular weight excluding hydrogens is 196 g/mol. The Labute approximate surface area is 89.1 Å². The summed E-state index contributed by atoms with van der Waals surface area (Å²) in [5, 5.41) is 8.76. The molecule has 82 valence electrons. The van der Waals surface area contributed by atoms with Gasteiger partial charge in [-0.15, -0.1) is 0 Å². The van der Waals surface area contributed by atoms with Crippen LogP contribution in [0.1, 0.15) is 33.6 Å². The lowest BCUT2D eigenvalue weighted by Gasteiger charge is -2.15. The molecule has 0 aromatic carbocycles. The first-order valence-corrected chi connectivity index (χ1v) is 6.42. The fourth-order valence-electron chi connectivity index (χ4n) is 0.865. The maximum Gasteiger partial charge on any atom is 0.0684 e. The van der Waals surface area contributed by atoms with Gasteiger partial charge in [-0.25, -0.2) is 0 Å². The number of hydrogen-bond acceptors (Lipinski definition) is 3. The van der Waals surface area contributed by atoms with Crippen LogP contribution in [0.4, 0.5) is 0 Å². The van der Waals surface area contributed by atoms with Crippen LogP contribution in [0.5, 0.6) is 0 Å². The predicted molar refractivity (Wildman–Crippen MR) is 60.2 cm³/mol. The molecule has 0 heterocycles. The van der Waals surface area contributed by atoms with Gasteiger partial charge < -0.3 is 5.73 Å². The second-order valence-corrected chi connectivity index (χ2v) is 5.85. The van der Waals surface area contributed by atoms with Gasteiger partial charge >= 0.3 is 0 Å². The van der Waals surface area contributed by atoms with E-state index in [4.69, 9.17) is 11.0 Å². The van der Waals surface area contributed by atoms with E-state index < -0.39 is 10.8 Å². The molecule has 0 aliphatic carbocycles. The lowest BCUT2D eigenvalue weighted by molar-refractivity contribution is 0.479. The van der Waals surface area contributed by atoms with Crippen LogP contribution in [0.15, 0.2) is 0 Å². The second-order valence-electron chi connectivity index (χ2n) is 4.22. The quantitative estimate of drug-likeness (QED) is 0.730. The third kappa shape index (κ3) is 6.11. The van der Waals surface area contributed by atoms with Crippen molar-refractivity contribution >= 4 is 10.8 Å². The Balaban J connectivity index is 3.82. The summed E-state index contributed by atoms with van der Waals surface area (Å²) in [5.74, 6) is 1.13. The van der Waals surface area contributed by atoms with Crippen LogP contribution in [0.25, 0.3) is 0 Å². The van der Waals surface area contributed by atoms with Crippen molar-refractivity contribution < 1.29 is 4.21 Å². The van der Waals surface area contributed by atoms with Gasteiger partial charge in [0.1, 0.15) is 0 Å². The fraction of sp³-hybridized carbons (Fsp3) is 0.900. The van der Waals surface area contributed by atoms with Crippen LogP contribution in [-0.4, -0.2) is 21.8 Å². The average Bonchev–Trinajstić information content (AvgIpc) is 2.15. The Bertz CT molecular complexity index is 233. The third-order valence-electron chi connectivity index (χ3n) is 2.18. The molecule has 2 atom stereocenters. The van der Waals surface area contributed by atoms with Crippen molar-refractivity contribution in [2.24, 2.45) is 11.1 Å². The van der Waals surface area contributed by atoms with Gasteiger partial charge in [0, 0.05) is 28.3 Å². The van der Waals surface area contributed by atoms with Crippen LogP contribution < -0.4 is 5.73 Å². The molecule has 0 amide bonds. The zero-order valence-corrected chi connectivity index (χ0v) is 10.1. The Morgan fingerprint density at radius 2 is 2.14 bits per heavy atom. The summed E-state index contributed by atoms with van der Waals surface area (Å²) in [7, 11) is -0.874. The van der Waals surface area contributed by atoms with E-state index in [-0.39, 0.29) is 11.5 Å². The Morgan fingerprint density at radius 3 is 2.57 bits per heavy atom. The second kappa shape index (κ2) is 6.15. The van der Waals surface area contributed by atoms with Gasteiger partial charge in [0.2, 0.25) is 0 Å². The smallest absolute Gasteiger partial charge is 0.0684 e. The Kier molecular flexibility index (Phi) is 5.98. The molecule has 0 bridgehead atoms. The molecule has 2 N–H and O–H groups in total. The summed E-state index contributed by atoms with van der Waals surface area (Å²) in [6, 6.07) is 2.23. The number of rotatable bonds is 6. The number of nitrogens with zero attached hydrogens (tertiary/aromatic N) is 1. The monoisotopic (exact) mass is 216 g/mol. The topological polar surface area (TPSA) is 66.9 Å². The first kappa shape index (κ1) is 13.6. The number of nitrogens with two attached hydrogens (primary N) is 1. The standard InChI is InChI=1S/C10H20N2OS/c1-4-9(12)7-14(13)6-5-10(2,3)8-11/h9H,4-7,12H2,1-3H3. The van der Waals surface area contributed by atoms with Crippen LogP contribution in [-0.2, 0) is 10.8 Å². The molecule has 4 heteroatoms. The molecule has 0 saturated heterocycles. The van der Waals surface area contributed by atoms with E-state index in [0.717, 1.165) is 6.42 Å². The van der Waals surface area contributed by atoms with E-state index in [0.29, 0.717) is 17.9 Å². The summed E-state index contributed by atoms with van der Waals surface area (Å²) >= 11 is 0. The van der Waals surface area contributed by atoms with Crippen molar-refractivity contribution in [1.82, 2.24) is 0 Å². The molecule has 0 rings (SSSR count). The molecule has 14 heavy (non-hydrogen) atoms. The largest absolute Gasteiger partial charge is 0.327 e. The summed E-state index contributed by atoms with van der Waals surface area (Å²) in [6.45, 7) is 5.72. The SMILES string of the molecule is CCC(N)CS(=O)CCC(C)(C)C#N. The Morgan fingerprint density at radius 1 is 1.57 bits per heavy atom. The minimum absolute atomic E-state index is 0.0287. The van der Waals surface area contributed by atoms with E-state index in [1.54, 1.807) is 0 Å². The summed E-state index contributed by atoms with van der Waals surface area (Å²) < 4.78 is 11.5. The minimum atomic E-state index is -0.874. The van der Waals surface area contributed by atoms with E-state index in [1.807, 2.05) is 20.8 Å². The minimum Gasteiger partial charge on any atom is -0.327 e. The molecule has 0 fully saturated rings. The normalized spacial score (nSPS) is 15.9. The molecule has 0 aliphatic heterocycles. The van der Waals surface area contributed by atoms with E-state index in [9.17, 15) is 4.21 Å². The van der Waals surface area contributed by atoms with E-state index >= 15 is 0 Å². The van der Waals surface area contributed by atoms with Gasteiger partial charge in [-0.2, -0.15) is 5.26 Å². The van der Waals surface area contributed by atoms with Gasteiger partial charge in [0.25, 0.3) is 0 Å². The molecule has 0 spiro atoms. The van der Waals surface area contributed by atoms with Crippen LogP contribution in [0.2, 0.25) is 0 Å². The first-order valence-electron chi connectivity index (χ1n) is 4.93. The maximum absolute atomic E-state index is 11.5. The highest BCUT2D eigenvalue weighted by molar-refractivity contribution is 7.85. The van der Waals surface area contributed by atoms with E-state index in [2.05, 4.69) is 6.07 Å². The lowest BCUT2D eigenvalue weighted by Crippen LogP contribution is -2.27. The highest BCUT2D eigenvalue weighted by Crippen LogP contribution is 2.18. The number of nitriles is 1. The number of hydrogen-bond donors (Lipinski definition) is 1. The van der Waals surface area contributed by atoms with Crippen molar-refractivity contribution in [2.45, 2.75) is 39.7 Å². The molecule has 2 unspecified atom stereocenters. The maximum atomic E-state index is 11.5. The first-order chi connectivity index (χ1) is 6.41. The van der Waals surface area contributed by atoms with Gasteiger partial charge in [-0.1, -0.05) is 6.92 Å². The van der Waals surface area contributed by atoms with E-state index in [1.165, 1.54) is 0 Å². The van der Waals surface area contributed by atoms with Crippen molar-refractivity contribution in [3.63, 3.8) is 0 Å². The third-order valence-corrected chi connectivity index (χ3v) is 3.64. The van der Waals surface area contributed by atoms with Crippen molar-refractivity contribution in [1.29, 1.82) is 5.26 Å². The van der Waals surface area contributed by atoms with Gasteiger partial charge in [0.05, 0.1) is 11.5 Å². The van der Waals surface area contributed by atoms with Crippen molar-refractivity contribution in [3.8, 4) is 6.07 Å². The molecule has 0 radical (unpaired) electrons. The fourth-order valence-corrected chi connectivity index (χ4v) is 2.48. The van der Waals surface area contributed by atoms with Crippen molar-refractivity contribution in [3.05, 3.63) is 0 Å². The average molecular weight is 216 g/mol. The molecule has 0 saturated carbocycles. The molecule has 0 aliphatic rings. The molecular formula is C10H20N2OS. The van der Waals surface area contributed by atoms with Crippen LogP contribution >= 0.6 is 0 Å². The molecule has 0 aromatic rings. The highest BCUT2D eigenvalue weighted by Gasteiger charge is 2.18. The van der Waals surface area contributed by atoms with Gasteiger partial charge in [0.15, 0.2) is 0 Å². The lowest BCUT2D eigenvalue weighted by atomic mass is 9.93. The van der Waals surface area contributed by atoms with Gasteiger partial charge in [-0.3, -0.25) is 4.21 Å². The highest BCUT2D eigenvalue weighted by atomic mass is 32.2. The Hall–Kier alpha value is -0.400. The zero-order chi connectivity index (χ0) is 11.2. The summed E-state index contributed by atoms with van der Waals surface area (Å²) in [5.41, 5.74) is 5.32. The van der Waals surface area contributed by atoms with Crippen LogP contribution in [0.3, 0.4) is 0 Å². The molecule has 0 aromatic heterocycles. The van der Waals surface area contributed by atoms with Crippen LogP contribution in [0, 0.1) is 16.7 Å². The summed E-state index contributed by atoms with van der Waals surface area (Å²) in [6.07, 6.45) is 1.53. The summed E-state index contributed by atoms with van der Waals surface area (Å²) in [4.78, 5) is 0. The molecule has 3 nitrogen and oxygen atoms in total. The predicted octanol–water partition coefficient (Wildman–Crippen LogP) is 1.41. The van der Waals surface area contributed by atoms with Gasteiger partial charge in [-0.05, 0) is 26.7 Å².